The first-order chi connectivity index (χ1) is 5.93. The number of rotatable bonds is 2. The van der Waals surface area contributed by atoms with Crippen molar-refractivity contribution in [2.24, 2.45) is 0 Å². The van der Waals surface area contributed by atoms with Crippen molar-refractivity contribution in [2.45, 2.75) is 12.6 Å². The topological polar surface area (TPSA) is 0 Å². The van der Waals surface area contributed by atoms with Crippen LogP contribution >= 0.6 is 66.8 Å². The number of benzene rings is 1. The average Bonchev–Trinajstić information content (AvgIpc) is 2.93. The van der Waals surface area contributed by atoms with Gasteiger partial charge in [-0.1, -0.05) is 50.8 Å². The number of allylic oxidation sites excluding steroid dienone is 2. The van der Waals surface area contributed by atoms with Gasteiger partial charge >= 0.3 is 0 Å². The second-order valence-electron chi connectivity index (χ2n) is 2.57. The molecule has 0 heterocycles. The number of halogens is 4. The van der Waals surface area contributed by atoms with Gasteiger partial charge in [0, 0.05) is 0 Å². The van der Waals surface area contributed by atoms with E-state index in [-0.39, 0.29) is 49.6 Å². The van der Waals surface area contributed by atoms with Crippen LogP contribution in [0.25, 0.3) is 0 Å². The molecule has 16 heavy (non-hydrogen) atoms. The van der Waals surface area contributed by atoms with Crippen molar-refractivity contribution in [3.05, 3.63) is 48.0 Å². The van der Waals surface area contributed by atoms with Crippen LogP contribution in [0.1, 0.15) is 12.0 Å². The molecular formula is C10H18Cl4P2. The molecule has 1 aliphatic rings. The maximum absolute atomic E-state index is 2.76. The van der Waals surface area contributed by atoms with Crippen LogP contribution < -0.4 is 0 Å². The first-order valence-electron chi connectivity index (χ1n) is 4.06. The van der Waals surface area contributed by atoms with E-state index in [1.165, 1.54) is 18.1 Å². The predicted molar refractivity (Wildman–Crippen MR) is 90.9 cm³/mol. The zero-order valence-corrected chi connectivity index (χ0v) is 14.1. The SMILES string of the molecule is C1=CC1.Cl.Cl.Cl.Cl.PPCc1ccccc1. The summed E-state index contributed by atoms with van der Waals surface area (Å²) in [7, 11) is 3.71. The van der Waals surface area contributed by atoms with Crippen molar-refractivity contribution in [3.63, 3.8) is 0 Å². The molecule has 0 nitrogen and oxygen atoms in total. The highest BCUT2D eigenvalue weighted by molar-refractivity contribution is 8.02. The van der Waals surface area contributed by atoms with Crippen LogP contribution in [0.4, 0.5) is 0 Å². The van der Waals surface area contributed by atoms with Crippen molar-refractivity contribution in [3.8, 4) is 0 Å². The standard InChI is InChI=1S/C7H10P2.C3H4.4ClH/c8-9-6-7-4-2-1-3-5-7;1-2-3-1;;;;/h1-5,9H,6,8H2;1-2H,3H2;4*1H. The van der Waals surface area contributed by atoms with E-state index in [0.29, 0.717) is 0 Å². The molecule has 1 aliphatic carbocycles. The third-order valence-corrected chi connectivity index (χ3v) is 2.61. The van der Waals surface area contributed by atoms with E-state index in [2.05, 4.69) is 51.4 Å². The Morgan fingerprint density at radius 1 is 0.938 bits per heavy atom. The summed E-state index contributed by atoms with van der Waals surface area (Å²) in [4.78, 5) is 0. The van der Waals surface area contributed by atoms with Crippen LogP contribution in [0.5, 0.6) is 0 Å². The van der Waals surface area contributed by atoms with Crippen LogP contribution in [0, 0.1) is 0 Å². The monoisotopic (exact) mass is 340 g/mol. The van der Waals surface area contributed by atoms with E-state index >= 15 is 0 Å². The van der Waals surface area contributed by atoms with Crippen LogP contribution in [0.2, 0.25) is 0 Å². The molecule has 2 rings (SSSR count). The highest BCUT2D eigenvalue weighted by Gasteiger charge is 1.84. The normalized spacial score (nSPS) is 9.56. The summed E-state index contributed by atoms with van der Waals surface area (Å²) in [6.07, 6.45) is 6.70. The van der Waals surface area contributed by atoms with Gasteiger partial charge in [0.05, 0.1) is 0 Å². The van der Waals surface area contributed by atoms with Gasteiger partial charge in [-0.05, 0) is 18.1 Å². The molecular weight excluding hydrogens is 324 g/mol. The largest absolute Gasteiger partial charge is 0.147 e. The quantitative estimate of drug-likeness (QED) is 0.506. The minimum atomic E-state index is 0. The van der Waals surface area contributed by atoms with Crippen LogP contribution in [-0.4, -0.2) is 0 Å². The van der Waals surface area contributed by atoms with Gasteiger partial charge in [-0.3, -0.25) is 0 Å². The van der Waals surface area contributed by atoms with Gasteiger partial charge in [0.2, 0.25) is 0 Å². The summed E-state index contributed by atoms with van der Waals surface area (Å²) >= 11 is 0. The molecule has 1 aromatic rings. The zero-order chi connectivity index (χ0) is 8.65. The summed E-state index contributed by atoms with van der Waals surface area (Å²) in [6, 6.07) is 10.5. The van der Waals surface area contributed by atoms with Gasteiger partial charge in [0.25, 0.3) is 0 Å². The molecule has 6 heteroatoms. The van der Waals surface area contributed by atoms with E-state index in [1.54, 1.807) is 0 Å². The highest BCUT2D eigenvalue weighted by Crippen LogP contribution is 2.25. The van der Waals surface area contributed by atoms with E-state index in [1.807, 2.05) is 0 Å². The third kappa shape index (κ3) is 17.4. The summed E-state index contributed by atoms with van der Waals surface area (Å²) in [5.74, 6) is 0. The lowest BCUT2D eigenvalue weighted by molar-refractivity contribution is 1.42. The molecule has 0 radical (unpaired) electrons. The van der Waals surface area contributed by atoms with Crippen LogP contribution in [0.15, 0.2) is 42.5 Å². The lowest BCUT2D eigenvalue weighted by Gasteiger charge is -1.93. The molecule has 2 atom stereocenters. The molecule has 2 unspecified atom stereocenters. The predicted octanol–water partition coefficient (Wildman–Crippen LogP) is 5.29. The Balaban J connectivity index is -0.0000000910. The van der Waals surface area contributed by atoms with Crippen molar-refractivity contribution in [2.75, 3.05) is 0 Å². The Hall–Kier alpha value is 0.980. The number of hydrogen-bond donors (Lipinski definition) is 0. The van der Waals surface area contributed by atoms with Crippen LogP contribution in [-0.2, 0) is 6.16 Å². The zero-order valence-electron chi connectivity index (χ0n) is 8.67. The Morgan fingerprint density at radius 3 is 1.69 bits per heavy atom. The van der Waals surface area contributed by atoms with E-state index in [4.69, 9.17) is 0 Å². The Morgan fingerprint density at radius 2 is 1.38 bits per heavy atom. The minimum Gasteiger partial charge on any atom is -0.147 e. The maximum Gasteiger partial charge on any atom is -0.00663 e. The molecule has 0 spiro atoms. The van der Waals surface area contributed by atoms with Gasteiger partial charge in [0.15, 0.2) is 0 Å². The molecule has 0 N–H and O–H groups in total. The van der Waals surface area contributed by atoms with Crippen LogP contribution in [0.3, 0.4) is 0 Å². The fourth-order valence-electron chi connectivity index (χ4n) is 0.714. The van der Waals surface area contributed by atoms with Crippen molar-refractivity contribution < 1.29 is 0 Å². The lowest BCUT2D eigenvalue weighted by Crippen LogP contribution is -1.72. The summed E-state index contributed by atoms with van der Waals surface area (Å²) in [6.45, 7) is 0. The van der Waals surface area contributed by atoms with E-state index in [0.717, 1.165) is 8.27 Å². The van der Waals surface area contributed by atoms with Crippen molar-refractivity contribution in [1.29, 1.82) is 0 Å². The van der Waals surface area contributed by atoms with Gasteiger partial charge in [0.1, 0.15) is 0 Å². The molecule has 0 aliphatic heterocycles. The Bertz CT molecular complexity index is 238. The second kappa shape index (κ2) is 18.3. The van der Waals surface area contributed by atoms with Gasteiger partial charge in [-0.15, -0.1) is 58.6 Å². The summed E-state index contributed by atoms with van der Waals surface area (Å²) in [5, 5.41) is 0. The fraction of sp³-hybridized carbons (Fsp3) is 0.200. The van der Waals surface area contributed by atoms with Crippen molar-refractivity contribution >= 4 is 66.8 Å². The van der Waals surface area contributed by atoms with Gasteiger partial charge in [-0.2, -0.15) is 0 Å². The fourth-order valence-corrected chi connectivity index (χ4v) is 1.89. The van der Waals surface area contributed by atoms with E-state index < -0.39 is 0 Å². The first kappa shape index (κ1) is 25.7. The molecule has 0 fully saturated rings. The molecule has 96 valence electrons. The molecule has 0 aromatic heterocycles. The molecule has 0 saturated carbocycles. The number of hydrogen-bond acceptors (Lipinski definition) is 0. The smallest absolute Gasteiger partial charge is 0.00663 e. The van der Waals surface area contributed by atoms with E-state index in [9.17, 15) is 0 Å². The van der Waals surface area contributed by atoms with Gasteiger partial charge in [-0.25, -0.2) is 0 Å². The third-order valence-electron chi connectivity index (χ3n) is 1.38. The molecule has 0 amide bonds. The average molecular weight is 342 g/mol. The lowest BCUT2D eigenvalue weighted by atomic mass is 10.2. The second-order valence-corrected chi connectivity index (χ2v) is 4.56. The summed E-state index contributed by atoms with van der Waals surface area (Å²) < 4.78 is 0. The Labute approximate surface area is 127 Å². The summed E-state index contributed by atoms with van der Waals surface area (Å²) in [5.41, 5.74) is 1.44. The molecule has 1 aromatic carbocycles. The Kier molecular flexibility index (Phi) is 29.5. The van der Waals surface area contributed by atoms with Gasteiger partial charge < -0.3 is 0 Å². The first-order valence-corrected chi connectivity index (χ1v) is 7.07. The maximum atomic E-state index is 2.76. The molecule has 0 bridgehead atoms. The highest BCUT2D eigenvalue weighted by atomic mass is 35.5. The molecule has 0 saturated heterocycles. The van der Waals surface area contributed by atoms with Crippen molar-refractivity contribution in [1.82, 2.24) is 0 Å². The minimum absolute atomic E-state index is 0.